The number of hydrogen-bond donors (Lipinski definition) is 3. The highest BCUT2D eigenvalue weighted by Gasteiger charge is 2.50. The first kappa shape index (κ1) is 27.3. The second-order valence-electron chi connectivity index (χ2n) is 12.1. The number of nitrogens with one attached hydrogen (secondary N) is 1. The van der Waals surface area contributed by atoms with Crippen LogP contribution in [0, 0.1) is 11.7 Å². The summed E-state index contributed by atoms with van der Waals surface area (Å²) in [6.45, 7) is 1.57. The van der Waals surface area contributed by atoms with Crippen molar-refractivity contribution < 1.29 is 28.6 Å². The van der Waals surface area contributed by atoms with Gasteiger partial charge < -0.3 is 25.6 Å². The standard InChI is InChI=1S/C32H32FN5O5/c1-31(30(34)40)16-43-28-23(31)13-25(36-27(28)17-3-7-21(33)8-4-17)32(41,20-5-6-20)15-35-29(39)18-11-19-14-38(22-9-10-22)37-26(19)24(12-18)42-2/h3-4,7-8,11-14,20,22,41H,5-6,9-10,15-16H2,1-2H3,(H2,34,40)(H,35,39)/t31-,32?/m0/s1. The smallest absolute Gasteiger partial charge is 0.251 e. The molecule has 0 saturated heterocycles. The lowest BCUT2D eigenvalue weighted by molar-refractivity contribution is -0.123. The van der Waals surface area contributed by atoms with Crippen LogP contribution in [0.25, 0.3) is 22.2 Å². The van der Waals surface area contributed by atoms with Crippen LogP contribution in [-0.4, -0.2) is 51.9 Å². The van der Waals surface area contributed by atoms with E-state index in [1.807, 2.05) is 10.9 Å². The fraction of sp³-hybridized carbons (Fsp3) is 0.375. The largest absolute Gasteiger partial charge is 0.494 e. The molecule has 2 amide bonds. The van der Waals surface area contributed by atoms with Crippen LogP contribution in [0.4, 0.5) is 4.39 Å². The van der Waals surface area contributed by atoms with Gasteiger partial charge in [0.2, 0.25) is 5.91 Å². The second kappa shape index (κ2) is 9.77. The third-order valence-corrected chi connectivity index (χ3v) is 8.94. The zero-order chi connectivity index (χ0) is 30.1. The van der Waals surface area contributed by atoms with Crippen molar-refractivity contribution in [2.75, 3.05) is 20.3 Å². The lowest BCUT2D eigenvalue weighted by Crippen LogP contribution is -2.44. The average Bonchev–Trinajstić information content (AvgIpc) is 3.95. The van der Waals surface area contributed by atoms with E-state index in [2.05, 4.69) is 10.4 Å². The molecule has 4 aromatic rings. The Morgan fingerprint density at radius 2 is 1.95 bits per heavy atom. The lowest BCUT2D eigenvalue weighted by Gasteiger charge is -2.30. The van der Waals surface area contributed by atoms with Gasteiger partial charge in [-0.1, -0.05) is 0 Å². The molecule has 1 aliphatic heterocycles. The van der Waals surface area contributed by atoms with Gasteiger partial charge in [0.05, 0.1) is 25.4 Å². The topological polar surface area (TPSA) is 142 Å². The van der Waals surface area contributed by atoms with Crippen LogP contribution in [0.3, 0.4) is 0 Å². The monoisotopic (exact) mass is 585 g/mol. The maximum Gasteiger partial charge on any atom is 0.251 e. The van der Waals surface area contributed by atoms with Gasteiger partial charge in [-0.15, -0.1) is 0 Å². The molecular formula is C32H32FN5O5. The number of nitrogens with two attached hydrogens (primary N) is 1. The zero-order valence-corrected chi connectivity index (χ0v) is 23.9. The van der Waals surface area contributed by atoms with Crippen LogP contribution in [0.15, 0.2) is 48.7 Å². The van der Waals surface area contributed by atoms with Crippen LogP contribution in [0.2, 0.25) is 0 Å². The number of fused-ring (bicyclic) bond motifs is 2. The fourth-order valence-electron chi connectivity index (χ4n) is 5.87. The van der Waals surface area contributed by atoms with Crippen LogP contribution in [-0.2, 0) is 15.8 Å². The molecule has 222 valence electrons. The summed E-state index contributed by atoms with van der Waals surface area (Å²) in [5.41, 5.74) is 5.87. The molecule has 10 nitrogen and oxygen atoms in total. The Hall–Kier alpha value is -4.51. The number of carbonyl (C=O) groups excluding carboxylic acids is 2. The van der Waals surface area contributed by atoms with E-state index in [4.69, 9.17) is 20.2 Å². The van der Waals surface area contributed by atoms with Gasteiger partial charge in [0, 0.05) is 28.3 Å². The van der Waals surface area contributed by atoms with E-state index in [9.17, 15) is 19.1 Å². The van der Waals surface area contributed by atoms with E-state index in [0.29, 0.717) is 45.4 Å². The van der Waals surface area contributed by atoms with Gasteiger partial charge >= 0.3 is 0 Å². The first-order valence-electron chi connectivity index (χ1n) is 14.4. The number of methoxy groups -OCH3 is 1. The first-order valence-corrected chi connectivity index (χ1v) is 14.4. The molecular weight excluding hydrogens is 553 g/mol. The van der Waals surface area contributed by atoms with Crippen LogP contribution >= 0.6 is 0 Å². The quantitative estimate of drug-likeness (QED) is 0.272. The molecule has 2 atom stereocenters. The lowest BCUT2D eigenvalue weighted by atomic mass is 9.81. The number of rotatable bonds is 9. The number of carbonyl (C=O) groups is 2. The van der Waals surface area contributed by atoms with Gasteiger partial charge in [0.1, 0.15) is 46.1 Å². The fourth-order valence-corrected chi connectivity index (χ4v) is 5.87. The van der Waals surface area contributed by atoms with Gasteiger partial charge in [-0.3, -0.25) is 14.3 Å². The Labute approximate surface area is 247 Å². The Morgan fingerprint density at radius 1 is 1.21 bits per heavy atom. The number of ether oxygens (including phenoxy) is 2. The van der Waals surface area contributed by atoms with Gasteiger partial charge in [0.15, 0.2) is 0 Å². The Kier molecular flexibility index (Phi) is 6.21. The minimum atomic E-state index is -1.55. The Balaban J connectivity index is 1.25. The van der Waals surface area contributed by atoms with Crippen molar-refractivity contribution in [3.63, 3.8) is 0 Å². The highest BCUT2D eigenvalue weighted by atomic mass is 19.1. The van der Waals surface area contributed by atoms with E-state index >= 15 is 0 Å². The average molecular weight is 586 g/mol. The number of primary amides is 1. The van der Waals surface area contributed by atoms with Gasteiger partial charge in [-0.2, -0.15) is 5.10 Å². The molecule has 0 bridgehead atoms. The molecule has 3 aliphatic rings. The molecule has 2 saturated carbocycles. The molecule has 2 aliphatic carbocycles. The Morgan fingerprint density at radius 3 is 2.60 bits per heavy atom. The molecule has 1 unspecified atom stereocenters. The summed E-state index contributed by atoms with van der Waals surface area (Å²) < 4.78 is 27.2. The summed E-state index contributed by atoms with van der Waals surface area (Å²) in [6, 6.07) is 11.2. The summed E-state index contributed by atoms with van der Waals surface area (Å²) in [4.78, 5) is 30.9. The van der Waals surface area contributed by atoms with E-state index in [1.54, 1.807) is 44.4 Å². The van der Waals surface area contributed by atoms with Gasteiger partial charge in [-0.25, -0.2) is 9.37 Å². The van der Waals surface area contributed by atoms with Crippen molar-refractivity contribution in [2.24, 2.45) is 11.7 Å². The summed E-state index contributed by atoms with van der Waals surface area (Å²) in [5, 5.41) is 20.5. The summed E-state index contributed by atoms with van der Waals surface area (Å²) in [6.07, 6.45) is 5.55. The van der Waals surface area contributed by atoms with Crippen molar-refractivity contribution in [3.8, 4) is 22.8 Å². The number of hydrogen-bond acceptors (Lipinski definition) is 7. The minimum absolute atomic E-state index is 0.0111. The number of halogens is 1. The molecule has 7 rings (SSSR count). The molecule has 11 heteroatoms. The van der Waals surface area contributed by atoms with E-state index < -0.39 is 22.7 Å². The number of aromatic nitrogens is 3. The van der Waals surface area contributed by atoms with Gasteiger partial charge in [-0.05, 0) is 81.0 Å². The number of aliphatic hydroxyl groups is 1. The van der Waals surface area contributed by atoms with Crippen LogP contribution < -0.4 is 20.5 Å². The van der Waals surface area contributed by atoms with Crippen molar-refractivity contribution in [1.29, 1.82) is 0 Å². The summed E-state index contributed by atoms with van der Waals surface area (Å²) in [7, 11) is 1.54. The molecule has 43 heavy (non-hydrogen) atoms. The maximum atomic E-state index is 13.8. The maximum absolute atomic E-state index is 13.8. The number of pyridine rings is 1. The van der Waals surface area contributed by atoms with Crippen LogP contribution in [0.1, 0.15) is 60.3 Å². The summed E-state index contributed by atoms with van der Waals surface area (Å²) in [5.74, 6) is -0.683. The highest BCUT2D eigenvalue weighted by Crippen LogP contribution is 2.50. The molecule has 3 heterocycles. The molecule has 2 aromatic carbocycles. The molecule has 0 spiro atoms. The Bertz CT molecular complexity index is 1780. The number of benzene rings is 2. The predicted molar refractivity (Wildman–Crippen MR) is 155 cm³/mol. The van der Waals surface area contributed by atoms with Crippen molar-refractivity contribution >= 4 is 22.7 Å². The third-order valence-electron chi connectivity index (χ3n) is 8.94. The summed E-state index contributed by atoms with van der Waals surface area (Å²) >= 11 is 0. The first-order chi connectivity index (χ1) is 20.6. The second-order valence-corrected chi connectivity index (χ2v) is 12.1. The van der Waals surface area contributed by atoms with Crippen molar-refractivity contribution in [2.45, 2.75) is 49.7 Å². The van der Waals surface area contributed by atoms with Crippen LogP contribution in [0.5, 0.6) is 11.5 Å². The minimum Gasteiger partial charge on any atom is -0.494 e. The van der Waals surface area contributed by atoms with E-state index in [0.717, 1.165) is 31.1 Å². The SMILES string of the molecule is COc1cc(C(=O)NCC(O)(c2cc3c(c(-c4ccc(F)cc4)n2)OC[C@]3(C)C(N)=O)C2CC2)cc2cn(C3CC3)nc12. The van der Waals surface area contributed by atoms with E-state index in [-0.39, 0.29) is 30.7 Å². The van der Waals surface area contributed by atoms with Crippen molar-refractivity contribution in [1.82, 2.24) is 20.1 Å². The van der Waals surface area contributed by atoms with Crippen molar-refractivity contribution in [3.05, 3.63) is 71.3 Å². The predicted octanol–water partition coefficient (Wildman–Crippen LogP) is 3.74. The number of amides is 2. The zero-order valence-electron chi connectivity index (χ0n) is 23.9. The highest BCUT2D eigenvalue weighted by molar-refractivity contribution is 6.00. The molecule has 2 fully saturated rings. The van der Waals surface area contributed by atoms with Gasteiger partial charge in [0.25, 0.3) is 5.91 Å². The number of nitrogens with zero attached hydrogens (tertiary/aromatic N) is 3. The van der Waals surface area contributed by atoms with E-state index in [1.165, 1.54) is 12.1 Å². The third kappa shape index (κ3) is 4.58. The normalized spacial score (nSPS) is 20.7. The molecule has 0 radical (unpaired) electrons. The molecule has 4 N–H and O–H groups in total. The molecule has 2 aromatic heterocycles.